The molecule has 2 aromatic rings. The molecule has 0 spiro atoms. The predicted molar refractivity (Wildman–Crippen MR) is 112 cm³/mol. The maximum Gasteiger partial charge on any atom is 1.00 e. The van der Waals surface area contributed by atoms with Gasteiger partial charge in [0.2, 0.25) is 5.91 Å². The quantitative estimate of drug-likeness (QED) is 0.147. The van der Waals surface area contributed by atoms with Crippen molar-refractivity contribution in [2.75, 3.05) is 13.2 Å². The molecule has 0 unspecified atom stereocenters. The van der Waals surface area contributed by atoms with Crippen LogP contribution in [0, 0.1) is 0 Å². The first kappa shape index (κ1) is 33.1. The largest absolute Gasteiger partial charge is 1.00 e. The van der Waals surface area contributed by atoms with Crippen molar-refractivity contribution in [2.45, 2.75) is 37.7 Å². The first-order chi connectivity index (χ1) is 16.0. The molecular weight excluding hydrogens is 519 g/mol. The summed E-state index contributed by atoms with van der Waals surface area (Å²) < 4.78 is 21.0. The Morgan fingerprint density at radius 1 is 1.22 bits per heavy atom. The van der Waals surface area contributed by atoms with Gasteiger partial charge in [0, 0.05) is 25.6 Å². The summed E-state index contributed by atoms with van der Waals surface area (Å²) in [6, 6.07) is 8.97. The summed E-state index contributed by atoms with van der Waals surface area (Å²) in [7, 11) is -5.29. The molecule has 13 nitrogen and oxygen atoms in total. The fraction of sp³-hybridized carbons (Fsp3) is 0.400. The molecule has 3 atom stereocenters. The number of H-pyrrole nitrogens is 1. The van der Waals surface area contributed by atoms with Gasteiger partial charge in [-0.1, -0.05) is 30.3 Å². The molecular formula is C20H22N3Na2O10P. The normalized spacial score (nSPS) is 19.1. The zero-order valence-corrected chi connectivity index (χ0v) is 24.6. The van der Waals surface area contributed by atoms with E-state index in [4.69, 9.17) is 4.74 Å². The smallest absolute Gasteiger partial charge is 0.790 e. The van der Waals surface area contributed by atoms with E-state index in [-0.39, 0.29) is 96.4 Å². The van der Waals surface area contributed by atoms with Crippen LogP contribution in [0.4, 0.5) is 0 Å². The van der Waals surface area contributed by atoms with E-state index in [0.29, 0.717) is 0 Å². The number of aromatic nitrogens is 2. The van der Waals surface area contributed by atoms with Crippen LogP contribution in [-0.4, -0.2) is 51.7 Å². The molecule has 2 heterocycles. The molecule has 36 heavy (non-hydrogen) atoms. The van der Waals surface area contributed by atoms with E-state index < -0.39 is 49.9 Å². The molecule has 0 radical (unpaired) electrons. The Morgan fingerprint density at radius 2 is 1.89 bits per heavy atom. The van der Waals surface area contributed by atoms with Crippen molar-refractivity contribution in [2.24, 2.45) is 0 Å². The Bertz CT molecular complexity index is 1200. The molecule has 0 bridgehead atoms. The van der Waals surface area contributed by atoms with E-state index in [2.05, 4.69) is 9.84 Å². The van der Waals surface area contributed by atoms with Crippen molar-refractivity contribution in [3.8, 4) is 0 Å². The van der Waals surface area contributed by atoms with Gasteiger partial charge in [-0.15, -0.1) is 0 Å². The number of hydrogen-bond acceptors (Lipinski definition) is 10. The van der Waals surface area contributed by atoms with Gasteiger partial charge in [0.1, 0.15) is 12.3 Å². The fourth-order valence-corrected chi connectivity index (χ4v) is 3.72. The van der Waals surface area contributed by atoms with Crippen molar-refractivity contribution in [3.05, 3.63) is 68.5 Å². The number of nitrogens with one attached hydrogen (secondary N) is 2. The Kier molecular flexibility index (Phi) is 13.7. The minimum atomic E-state index is -5.29. The van der Waals surface area contributed by atoms with Gasteiger partial charge in [0.15, 0.2) is 5.78 Å². The molecule has 1 aromatic heterocycles. The SMILES string of the molecule is O=C(Cc1ccccc1)NCCC(=O)c1cn([C@H]2C[C@H](O)[C@@H](COP(=O)([O-])[O-])O2)c(=O)[nH]c1=O.[Na+].[Na+]. The van der Waals surface area contributed by atoms with Gasteiger partial charge in [-0.25, -0.2) is 4.79 Å². The van der Waals surface area contributed by atoms with Crippen LogP contribution in [0.3, 0.4) is 0 Å². The second kappa shape index (κ2) is 14.9. The van der Waals surface area contributed by atoms with Crippen molar-refractivity contribution in [1.82, 2.24) is 14.9 Å². The minimum absolute atomic E-state index is 0. The monoisotopic (exact) mass is 541 g/mol. The van der Waals surface area contributed by atoms with Crippen LogP contribution in [0.2, 0.25) is 0 Å². The van der Waals surface area contributed by atoms with Gasteiger partial charge in [-0.05, 0) is 5.56 Å². The number of ether oxygens (including phenoxy) is 1. The van der Waals surface area contributed by atoms with Crippen molar-refractivity contribution < 1.29 is 97.4 Å². The summed E-state index contributed by atoms with van der Waals surface area (Å²) in [6.07, 6.45) is -2.95. The van der Waals surface area contributed by atoms with Gasteiger partial charge < -0.3 is 34.0 Å². The average Bonchev–Trinajstić information content (AvgIpc) is 3.12. The van der Waals surface area contributed by atoms with Gasteiger partial charge in [0.05, 0.1) is 32.5 Å². The number of aromatic amines is 1. The van der Waals surface area contributed by atoms with Crippen LogP contribution in [0.5, 0.6) is 0 Å². The van der Waals surface area contributed by atoms with Gasteiger partial charge in [-0.2, -0.15) is 0 Å². The average molecular weight is 541 g/mol. The Hall–Kier alpha value is -0.930. The van der Waals surface area contributed by atoms with Gasteiger partial charge in [0.25, 0.3) is 5.56 Å². The summed E-state index contributed by atoms with van der Waals surface area (Å²) in [4.78, 5) is 72.1. The van der Waals surface area contributed by atoms with E-state index in [0.717, 1.165) is 16.3 Å². The van der Waals surface area contributed by atoms with E-state index in [1.54, 1.807) is 24.3 Å². The van der Waals surface area contributed by atoms with E-state index in [1.165, 1.54) is 0 Å². The number of aliphatic hydroxyl groups excluding tert-OH is 1. The molecule has 1 amide bonds. The second-order valence-electron chi connectivity index (χ2n) is 7.57. The molecule has 1 saturated heterocycles. The number of Topliss-reactive ketones (excluding diaryl/α,β-unsaturated/α-hetero) is 1. The molecule has 184 valence electrons. The van der Waals surface area contributed by atoms with Crippen LogP contribution < -0.4 is 85.5 Å². The van der Waals surface area contributed by atoms with Crippen LogP contribution in [-0.2, 0) is 25.0 Å². The Labute approximate surface area is 249 Å². The van der Waals surface area contributed by atoms with Crippen molar-refractivity contribution in [1.29, 1.82) is 0 Å². The Balaban J connectivity index is 0.00000324. The molecule has 1 aromatic carbocycles. The number of carbonyl (C=O) groups excluding carboxylic acids is 2. The van der Waals surface area contributed by atoms with Crippen LogP contribution >= 0.6 is 7.82 Å². The third-order valence-electron chi connectivity index (χ3n) is 5.06. The molecule has 16 heteroatoms. The standard InChI is InChI=1S/C20H24N3O10P.2Na/c24-14(6-7-21-17(26)8-12-4-2-1-3-5-12)13-10-23(20(28)22-19(13)27)18-9-15(25)16(33-18)11-32-34(29,30)31;;/h1-5,10,15-16,18,25H,6-9,11H2,(H,21,26)(H,22,27,28)(H2,29,30,31);;/q;2*+1/p-2/t15-,16+,18+;;/m0../s1. The van der Waals surface area contributed by atoms with Crippen LogP contribution in [0.15, 0.2) is 46.1 Å². The summed E-state index contributed by atoms with van der Waals surface area (Å²) in [5.41, 5.74) is -1.42. The molecule has 0 saturated carbocycles. The second-order valence-corrected chi connectivity index (χ2v) is 8.72. The molecule has 1 fully saturated rings. The summed E-state index contributed by atoms with van der Waals surface area (Å²) in [6.45, 7) is -0.792. The number of aliphatic hydroxyl groups is 1. The number of rotatable bonds is 10. The van der Waals surface area contributed by atoms with Crippen molar-refractivity contribution >= 4 is 19.5 Å². The number of phosphoric ester groups is 1. The predicted octanol–water partition coefficient (Wildman–Crippen LogP) is -8.03. The summed E-state index contributed by atoms with van der Waals surface area (Å²) >= 11 is 0. The minimum Gasteiger partial charge on any atom is -0.790 e. The number of amides is 1. The van der Waals surface area contributed by atoms with E-state index in [1.807, 2.05) is 11.1 Å². The third-order valence-corrected chi connectivity index (χ3v) is 5.53. The molecule has 0 aliphatic carbocycles. The molecule has 1 aliphatic rings. The van der Waals surface area contributed by atoms with E-state index >= 15 is 0 Å². The number of ketones is 1. The first-order valence-corrected chi connectivity index (χ1v) is 11.7. The number of carbonyl (C=O) groups is 2. The third kappa shape index (κ3) is 9.75. The molecule has 3 N–H and O–H groups in total. The van der Waals surface area contributed by atoms with E-state index in [9.17, 15) is 38.6 Å². The van der Waals surface area contributed by atoms with Gasteiger partial charge in [-0.3, -0.25) is 23.9 Å². The Morgan fingerprint density at radius 3 is 2.53 bits per heavy atom. The van der Waals surface area contributed by atoms with Crippen molar-refractivity contribution in [3.63, 3.8) is 0 Å². The number of hydrogen-bond donors (Lipinski definition) is 3. The topological polar surface area (TPSA) is 203 Å². The molecule has 1 aliphatic heterocycles. The summed E-state index contributed by atoms with van der Waals surface area (Å²) in [5, 5.41) is 12.6. The number of phosphoric acid groups is 1. The summed E-state index contributed by atoms with van der Waals surface area (Å²) in [5.74, 6) is -0.952. The number of benzene rings is 1. The van der Waals surface area contributed by atoms with Crippen LogP contribution in [0.1, 0.15) is 35.0 Å². The van der Waals surface area contributed by atoms with Gasteiger partial charge >= 0.3 is 64.8 Å². The zero-order valence-electron chi connectivity index (χ0n) is 19.7. The zero-order chi connectivity index (χ0) is 24.9. The number of nitrogens with zero attached hydrogens (tertiary/aromatic N) is 1. The first-order valence-electron chi connectivity index (χ1n) is 10.2. The fourth-order valence-electron chi connectivity index (χ4n) is 3.39. The van der Waals surface area contributed by atoms with Crippen LogP contribution in [0.25, 0.3) is 0 Å². The molecule has 3 rings (SSSR count). The maximum atomic E-state index is 12.5. The maximum absolute atomic E-state index is 12.5.